The zero-order chi connectivity index (χ0) is 14.7. The monoisotopic (exact) mass is 275 g/mol. The van der Waals surface area contributed by atoms with Gasteiger partial charge < -0.3 is 10.5 Å². The summed E-state index contributed by atoms with van der Waals surface area (Å²) in [6.45, 7) is 4.35. The van der Waals surface area contributed by atoms with Crippen LogP contribution in [0.3, 0.4) is 0 Å². The topological polar surface area (TPSA) is 90.1 Å². The van der Waals surface area contributed by atoms with E-state index < -0.39 is 5.69 Å². The summed E-state index contributed by atoms with van der Waals surface area (Å²) < 4.78 is 6.94. The number of hydrogen-bond acceptors (Lipinski definition) is 4. The molecule has 0 saturated heterocycles. The number of nitrogens with one attached hydrogen (secondary N) is 1. The fraction of sp³-hybridized carbons (Fsp3) is 0.286. The van der Waals surface area contributed by atoms with Crippen molar-refractivity contribution in [2.45, 2.75) is 20.4 Å². The van der Waals surface area contributed by atoms with Crippen LogP contribution in [0.15, 0.2) is 34.0 Å². The molecule has 0 aliphatic heterocycles. The van der Waals surface area contributed by atoms with Gasteiger partial charge in [0, 0.05) is 23.0 Å². The van der Waals surface area contributed by atoms with E-state index in [1.54, 1.807) is 25.1 Å². The lowest BCUT2D eigenvalue weighted by Gasteiger charge is -2.12. The number of benzene rings is 1. The van der Waals surface area contributed by atoms with Gasteiger partial charge in [-0.1, -0.05) is 0 Å². The molecule has 0 aliphatic carbocycles. The summed E-state index contributed by atoms with van der Waals surface area (Å²) in [5, 5.41) is 0. The number of nitrogens with zero attached hydrogens (tertiary/aromatic N) is 1. The summed E-state index contributed by atoms with van der Waals surface area (Å²) in [5.74, 6) is 0.678. The first-order valence-electron chi connectivity index (χ1n) is 6.33. The van der Waals surface area contributed by atoms with E-state index in [-0.39, 0.29) is 12.1 Å². The number of aromatic nitrogens is 2. The molecule has 0 saturated carbocycles. The number of anilines is 1. The molecule has 0 amide bonds. The minimum Gasteiger partial charge on any atom is -0.494 e. The number of hydrogen-bond donors (Lipinski definition) is 2. The van der Waals surface area contributed by atoms with E-state index in [4.69, 9.17) is 10.5 Å². The second-order valence-corrected chi connectivity index (χ2v) is 4.50. The number of H-pyrrole nitrogens is 1. The van der Waals surface area contributed by atoms with Crippen LogP contribution < -0.4 is 21.7 Å². The molecule has 0 fully saturated rings. The van der Waals surface area contributed by atoms with Crippen molar-refractivity contribution in [3.05, 3.63) is 56.4 Å². The molecular formula is C14H17N3O3. The number of nitrogen functional groups attached to an aromatic ring is 1. The molecule has 1 aromatic carbocycles. The third kappa shape index (κ3) is 2.90. The fourth-order valence-corrected chi connectivity index (χ4v) is 1.94. The van der Waals surface area contributed by atoms with E-state index in [0.717, 1.165) is 5.56 Å². The maximum absolute atomic E-state index is 11.8. The van der Waals surface area contributed by atoms with Crippen molar-refractivity contribution in [1.82, 2.24) is 9.55 Å². The SMILES string of the molecule is CCOc1ccc(N)cc1Cn1cc(C)c(=O)[nH]c1=O. The van der Waals surface area contributed by atoms with Crippen LogP contribution in [0.1, 0.15) is 18.1 Å². The van der Waals surface area contributed by atoms with Crippen molar-refractivity contribution >= 4 is 5.69 Å². The van der Waals surface area contributed by atoms with Crippen LogP contribution >= 0.6 is 0 Å². The molecule has 0 bridgehead atoms. The Bertz CT molecular complexity index is 731. The van der Waals surface area contributed by atoms with Crippen molar-refractivity contribution < 1.29 is 4.74 Å². The molecule has 6 nitrogen and oxygen atoms in total. The van der Waals surface area contributed by atoms with Crippen molar-refractivity contribution in [3.63, 3.8) is 0 Å². The quantitative estimate of drug-likeness (QED) is 0.810. The summed E-state index contributed by atoms with van der Waals surface area (Å²) in [5.41, 5.74) is 6.81. The summed E-state index contributed by atoms with van der Waals surface area (Å²) in [6.07, 6.45) is 1.53. The molecule has 0 radical (unpaired) electrons. The maximum Gasteiger partial charge on any atom is 0.328 e. The molecular weight excluding hydrogens is 258 g/mol. The van der Waals surface area contributed by atoms with Crippen molar-refractivity contribution in [2.24, 2.45) is 0 Å². The molecule has 0 aliphatic rings. The Morgan fingerprint density at radius 2 is 2.10 bits per heavy atom. The van der Waals surface area contributed by atoms with E-state index in [1.807, 2.05) is 6.92 Å². The summed E-state index contributed by atoms with van der Waals surface area (Å²) in [7, 11) is 0. The van der Waals surface area contributed by atoms with Crippen LogP contribution in [0.5, 0.6) is 5.75 Å². The highest BCUT2D eigenvalue weighted by molar-refractivity contribution is 5.48. The van der Waals surface area contributed by atoms with Gasteiger partial charge in [-0.05, 0) is 32.0 Å². The fourth-order valence-electron chi connectivity index (χ4n) is 1.94. The average molecular weight is 275 g/mol. The highest BCUT2D eigenvalue weighted by atomic mass is 16.5. The van der Waals surface area contributed by atoms with E-state index in [1.165, 1.54) is 10.8 Å². The predicted octanol–water partition coefficient (Wildman–Crippen LogP) is 0.874. The molecule has 0 atom stereocenters. The number of aromatic amines is 1. The van der Waals surface area contributed by atoms with Gasteiger partial charge >= 0.3 is 5.69 Å². The minimum atomic E-state index is -0.453. The second-order valence-electron chi connectivity index (χ2n) is 4.50. The summed E-state index contributed by atoms with van der Waals surface area (Å²) in [6, 6.07) is 5.28. The third-order valence-corrected chi connectivity index (χ3v) is 2.91. The molecule has 6 heteroatoms. The zero-order valence-electron chi connectivity index (χ0n) is 11.5. The smallest absolute Gasteiger partial charge is 0.328 e. The average Bonchev–Trinajstić information content (AvgIpc) is 2.39. The van der Waals surface area contributed by atoms with Crippen LogP contribution in [0.25, 0.3) is 0 Å². The van der Waals surface area contributed by atoms with Crippen LogP contribution in [0.2, 0.25) is 0 Å². The van der Waals surface area contributed by atoms with Gasteiger partial charge in [0.2, 0.25) is 0 Å². The van der Waals surface area contributed by atoms with E-state index >= 15 is 0 Å². The minimum absolute atomic E-state index is 0.289. The van der Waals surface area contributed by atoms with Gasteiger partial charge in [-0.25, -0.2) is 4.79 Å². The van der Waals surface area contributed by atoms with Crippen molar-refractivity contribution in [2.75, 3.05) is 12.3 Å². The normalized spacial score (nSPS) is 10.5. The van der Waals surface area contributed by atoms with Gasteiger partial charge in [-0.15, -0.1) is 0 Å². The van der Waals surface area contributed by atoms with E-state index in [9.17, 15) is 9.59 Å². The third-order valence-electron chi connectivity index (χ3n) is 2.91. The molecule has 1 aromatic heterocycles. The van der Waals surface area contributed by atoms with Gasteiger partial charge in [0.25, 0.3) is 5.56 Å². The molecule has 2 aromatic rings. The van der Waals surface area contributed by atoms with Crippen LogP contribution in [0.4, 0.5) is 5.69 Å². The standard InChI is InChI=1S/C14H17N3O3/c1-3-20-12-5-4-11(15)6-10(12)8-17-7-9(2)13(18)16-14(17)19/h4-7H,3,8,15H2,1-2H3,(H,16,18,19). The largest absolute Gasteiger partial charge is 0.494 e. The highest BCUT2D eigenvalue weighted by Crippen LogP contribution is 2.22. The van der Waals surface area contributed by atoms with Gasteiger partial charge in [0.15, 0.2) is 0 Å². The lowest BCUT2D eigenvalue weighted by molar-refractivity contribution is 0.335. The van der Waals surface area contributed by atoms with Crippen molar-refractivity contribution in [1.29, 1.82) is 0 Å². The summed E-state index contributed by atoms with van der Waals surface area (Å²) in [4.78, 5) is 25.4. The van der Waals surface area contributed by atoms with Crippen molar-refractivity contribution in [3.8, 4) is 5.75 Å². The number of aryl methyl sites for hydroxylation is 1. The van der Waals surface area contributed by atoms with Gasteiger partial charge in [0.05, 0.1) is 13.2 Å². The Kier molecular flexibility index (Phi) is 3.93. The Morgan fingerprint density at radius 1 is 1.35 bits per heavy atom. The summed E-state index contributed by atoms with van der Waals surface area (Å²) >= 11 is 0. The maximum atomic E-state index is 11.8. The molecule has 2 rings (SSSR count). The molecule has 1 heterocycles. The molecule has 0 spiro atoms. The number of ether oxygens (including phenoxy) is 1. The Morgan fingerprint density at radius 3 is 2.80 bits per heavy atom. The van der Waals surface area contributed by atoms with Gasteiger partial charge in [-0.3, -0.25) is 14.3 Å². The van der Waals surface area contributed by atoms with E-state index in [2.05, 4.69) is 4.98 Å². The number of nitrogens with two attached hydrogens (primary N) is 1. The zero-order valence-corrected chi connectivity index (χ0v) is 11.5. The lowest BCUT2D eigenvalue weighted by Crippen LogP contribution is -2.31. The van der Waals surface area contributed by atoms with Crippen LogP contribution in [-0.4, -0.2) is 16.2 Å². The first-order chi connectivity index (χ1) is 9.51. The molecule has 0 unspecified atom stereocenters. The molecule has 20 heavy (non-hydrogen) atoms. The van der Waals surface area contributed by atoms with Gasteiger partial charge in [0.1, 0.15) is 5.75 Å². The Balaban J connectivity index is 2.44. The molecule has 3 N–H and O–H groups in total. The first-order valence-corrected chi connectivity index (χ1v) is 6.33. The van der Waals surface area contributed by atoms with Crippen LogP contribution in [0, 0.1) is 6.92 Å². The second kappa shape index (κ2) is 5.64. The first kappa shape index (κ1) is 13.9. The predicted molar refractivity (Wildman–Crippen MR) is 77.2 cm³/mol. The van der Waals surface area contributed by atoms with Crippen LogP contribution in [-0.2, 0) is 6.54 Å². The van der Waals surface area contributed by atoms with E-state index in [0.29, 0.717) is 23.6 Å². The van der Waals surface area contributed by atoms with Gasteiger partial charge in [-0.2, -0.15) is 0 Å². The Hall–Kier alpha value is -2.50. The highest BCUT2D eigenvalue weighted by Gasteiger charge is 2.07. The molecule has 106 valence electrons. The number of rotatable bonds is 4. The lowest BCUT2D eigenvalue weighted by atomic mass is 10.1. The Labute approximate surface area is 115 Å².